The third-order valence-corrected chi connectivity index (χ3v) is 8.74. The molecule has 7 rings (SSSR count). The van der Waals surface area contributed by atoms with E-state index in [1.807, 2.05) is 83.8 Å². The minimum absolute atomic E-state index is 0.109. The van der Waals surface area contributed by atoms with Crippen molar-refractivity contribution < 1.29 is 14.4 Å². The number of carbonyl (C=O) groups excluding carboxylic acids is 3. The second-order valence-corrected chi connectivity index (χ2v) is 11.0. The van der Waals surface area contributed by atoms with Gasteiger partial charge in [-0.3, -0.25) is 14.4 Å². The van der Waals surface area contributed by atoms with Crippen LogP contribution < -0.4 is 4.90 Å². The van der Waals surface area contributed by atoms with Crippen molar-refractivity contribution in [2.45, 2.75) is 18.0 Å². The van der Waals surface area contributed by atoms with Crippen molar-refractivity contribution in [3.05, 3.63) is 141 Å². The SMILES string of the molecule is O=C(c1ccccc1)[C@H]1[C@@H](c2ccccc2)C2(C(=O)c3ccccc3C2=O)[C@H]2C=Cc3cc(Br)ccc3N12. The number of hydrogen-bond donors (Lipinski definition) is 0. The Morgan fingerprint density at radius 2 is 1.37 bits per heavy atom. The normalized spacial score (nSPS) is 22.3. The molecule has 1 aliphatic carbocycles. The van der Waals surface area contributed by atoms with Gasteiger partial charge in [0.1, 0.15) is 11.5 Å². The number of anilines is 1. The van der Waals surface area contributed by atoms with E-state index in [4.69, 9.17) is 0 Å². The number of fused-ring (bicyclic) bond motifs is 5. The van der Waals surface area contributed by atoms with Gasteiger partial charge in [0.2, 0.25) is 0 Å². The Balaban J connectivity index is 1.55. The summed E-state index contributed by atoms with van der Waals surface area (Å²) in [5.41, 5.74) is 2.52. The molecule has 2 heterocycles. The molecule has 4 aromatic rings. The molecular formula is C33H22BrNO3. The van der Waals surface area contributed by atoms with Gasteiger partial charge in [-0.1, -0.05) is 113 Å². The van der Waals surface area contributed by atoms with Gasteiger partial charge in [-0.25, -0.2) is 0 Å². The largest absolute Gasteiger partial charge is 0.352 e. The second-order valence-electron chi connectivity index (χ2n) is 10.1. The topological polar surface area (TPSA) is 54.5 Å². The summed E-state index contributed by atoms with van der Waals surface area (Å²) in [6.45, 7) is 0. The fourth-order valence-corrected chi connectivity index (χ4v) is 7.13. The van der Waals surface area contributed by atoms with Gasteiger partial charge in [0, 0.05) is 32.8 Å². The highest BCUT2D eigenvalue weighted by atomic mass is 79.9. The van der Waals surface area contributed by atoms with Gasteiger partial charge in [0.05, 0.1) is 6.04 Å². The average molecular weight is 560 g/mol. The van der Waals surface area contributed by atoms with Crippen LogP contribution in [0, 0.1) is 5.41 Å². The molecule has 0 aromatic heterocycles. The number of rotatable bonds is 3. The Labute approximate surface area is 228 Å². The first-order valence-corrected chi connectivity index (χ1v) is 13.4. The Kier molecular flexibility index (Phi) is 5.14. The lowest BCUT2D eigenvalue weighted by molar-refractivity contribution is 0.0666. The maximum absolute atomic E-state index is 14.5. The van der Waals surface area contributed by atoms with E-state index in [2.05, 4.69) is 15.9 Å². The third-order valence-electron chi connectivity index (χ3n) is 8.25. The Morgan fingerprint density at radius 3 is 2.03 bits per heavy atom. The molecule has 1 spiro atoms. The van der Waals surface area contributed by atoms with E-state index in [1.165, 1.54) is 0 Å². The smallest absolute Gasteiger partial charge is 0.185 e. The van der Waals surface area contributed by atoms with E-state index in [1.54, 1.807) is 36.4 Å². The van der Waals surface area contributed by atoms with Crippen LogP contribution in [0.25, 0.3) is 6.08 Å². The lowest BCUT2D eigenvalue weighted by atomic mass is 9.64. The summed E-state index contributed by atoms with van der Waals surface area (Å²) in [5, 5.41) is 0. The molecule has 3 aliphatic rings. The molecule has 184 valence electrons. The molecule has 38 heavy (non-hydrogen) atoms. The number of carbonyl (C=O) groups is 3. The third kappa shape index (κ3) is 2.99. The predicted molar refractivity (Wildman–Crippen MR) is 151 cm³/mol. The van der Waals surface area contributed by atoms with E-state index in [9.17, 15) is 14.4 Å². The first-order chi connectivity index (χ1) is 18.5. The van der Waals surface area contributed by atoms with Crippen molar-refractivity contribution in [3.63, 3.8) is 0 Å². The molecule has 4 aromatic carbocycles. The molecule has 5 heteroatoms. The molecule has 0 unspecified atom stereocenters. The quantitative estimate of drug-likeness (QED) is 0.205. The fourth-order valence-electron chi connectivity index (χ4n) is 6.75. The summed E-state index contributed by atoms with van der Waals surface area (Å²) in [5.74, 6) is -1.22. The van der Waals surface area contributed by atoms with E-state index in [0.717, 1.165) is 21.3 Å². The number of halogens is 1. The molecule has 3 atom stereocenters. The highest BCUT2D eigenvalue weighted by molar-refractivity contribution is 9.10. The van der Waals surface area contributed by atoms with Gasteiger partial charge in [0.15, 0.2) is 17.3 Å². The number of hydrogen-bond acceptors (Lipinski definition) is 4. The van der Waals surface area contributed by atoms with Crippen LogP contribution in [0.1, 0.15) is 48.1 Å². The number of nitrogens with zero attached hydrogens (tertiary/aromatic N) is 1. The maximum atomic E-state index is 14.5. The number of benzene rings is 4. The summed E-state index contributed by atoms with van der Waals surface area (Å²) in [4.78, 5) is 45.6. The Morgan fingerprint density at radius 1 is 0.763 bits per heavy atom. The van der Waals surface area contributed by atoms with Crippen LogP contribution in [0.15, 0.2) is 114 Å². The maximum Gasteiger partial charge on any atom is 0.185 e. The molecule has 0 bridgehead atoms. The molecular weight excluding hydrogens is 538 g/mol. The van der Waals surface area contributed by atoms with Crippen LogP contribution in [0.5, 0.6) is 0 Å². The molecule has 0 amide bonds. The summed E-state index contributed by atoms with van der Waals surface area (Å²) in [6, 6.07) is 30.4. The van der Waals surface area contributed by atoms with Gasteiger partial charge in [0.25, 0.3) is 0 Å². The Hall–Kier alpha value is -4.09. The van der Waals surface area contributed by atoms with E-state index in [0.29, 0.717) is 16.7 Å². The summed E-state index contributed by atoms with van der Waals surface area (Å²) < 4.78 is 0.916. The van der Waals surface area contributed by atoms with Gasteiger partial charge in [-0.2, -0.15) is 0 Å². The van der Waals surface area contributed by atoms with Crippen LogP contribution in [0.4, 0.5) is 5.69 Å². The van der Waals surface area contributed by atoms with Gasteiger partial charge in [-0.15, -0.1) is 0 Å². The fraction of sp³-hybridized carbons (Fsp3) is 0.121. The monoisotopic (exact) mass is 559 g/mol. The van der Waals surface area contributed by atoms with Crippen molar-refractivity contribution in [1.29, 1.82) is 0 Å². The first kappa shape index (κ1) is 23.1. The molecule has 0 saturated carbocycles. The van der Waals surface area contributed by atoms with Gasteiger partial charge in [-0.05, 0) is 29.3 Å². The van der Waals surface area contributed by atoms with Crippen molar-refractivity contribution in [2.24, 2.45) is 5.41 Å². The van der Waals surface area contributed by atoms with Gasteiger partial charge >= 0.3 is 0 Å². The second kappa shape index (κ2) is 8.47. The molecule has 2 aliphatic heterocycles. The van der Waals surface area contributed by atoms with Crippen LogP contribution in [-0.4, -0.2) is 29.4 Å². The zero-order valence-corrected chi connectivity index (χ0v) is 21.8. The Bertz CT molecular complexity index is 1630. The van der Waals surface area contributed by atoms with Crippen molar-refractivity contribution >= 4 is 45.0 Å². The van der Waals surface area contributed by atoms with Crippen molar-refractivity contribution in [3.8, 4) is 0 Å². The van der Waals surface area contributed by atoms with E-state index in [-0.39, 0.29) is 17.3 Å². The molecule has 4 nitrogen and oxygen atoms in total. The minimum atomic E-state index is -1.47. The predicted octanol–water partition coefficient (Wildman–Crippen LogP) is 6.77. The molecule has 0 N–H and O–H groups in total. The highest BCUT2D eigenvalue weighted by Gasteiger charge is 2.71. The lowest BCUT2D eigenvalue weighted by Crippen LogP contribution is -2.48. The molecule has 1 fully saturated rings. The summed E-state index contributed by atoms with van der Waals surface area (Å²) in [6.07, 6.45) is 3.93. The van der Waals surface area contributed by atoms with Gasteiger partial charge < -0.3 is 4.90 Å². The first-order valence-electron chi connectivity index (χ1n) is 12.6. The lowest BCUT2D eigenvalue weighted by Gasteiger charge is -2.37. The molecule has 0 radical (unpaired) electrons. The average Bonchev–Trinajstić information content (AvgIpc) is 3.39. The van der Waals surface area contributed by atoms with Crippen LogP contribution in [-0.2, 0) is 0 Å². The molecule has 1 saturated heterocycles. The summed E-state index contributed by atoms with van der Waals surface area (Å²) in [7, 11) is 0. The van der Waals surface area contributed by atoms with Crippen LogP contribution in [0.2, 0.25) is 0 Å². The highest BCUT2D eigenvalue weighted by Crippen LogP contribution is 2.61. The van der Waals surface area contributed by atoms with Crippen molar-refractivity contribution in [1.82, 2.24) is 0 Å². The van der Waals surface area contributed by atoms with Crippen LogP contribution in [0.3, 0.4) is 0 Å². The van der Waals surface area contributed by atoms with E-state index < -0.39 is 23.4 Å². The summed E-state index contributed by atoms with van der Waals surface area (Å²) >= 11 is 3.56. The minimum Gasteiger partial charge on any atom is -0.352 e. The number of ketones is 3. The standard InChI is InChI=1S/C33H22BrNO3/c34-23-16-17-26-22(19-23)15-18-27-33(31(37)24-13-7-8-14-25(24)32(33)38)28(20-9-3-1-4-10-20)29(35(26)27)30(36)21-11-5-2-6-12-21/h1-19,27-29H/t27-,28-,29-/m1/s1. The zero-order valence-electron chi connectivity index (χ0n) is 20.3. The van der Waals surface area contributed by atoms with Crippen LogP contribution >= 0.6 is 15.9 Å². The van der Waals surface area contributed by atoms with Crippen molar-refractivity contribution in [2.75, 3.05) is 4.90 Å². The van der Waals surface area contributed by atoms with E-state index >= 15 is 0 Å². The number of Topliss-reactive ketones (excluding diaryl/α,β-unsaturated/α-hetero) is 3. The zero-order chi connectivity index (χ0) is 26.0.